The van der Waals surface area contributed by atoms with Crippen LogP contribution in [0.25, 0.3) is 0 Å². The molecule has 2 rings (SSSR count). The van der Waals surface area contributed by atoms with Crippen LogP contribution in [0.4, 0.5) is 0 Å². The maximum atomic E-state index is 6.17. The van der Waals surface area contributed by atoms with Gasteiger partial charge in [-0.2, -0.15) is 0 Å². The molecule has 0 amide bonds. The van der Waals surface area contributed by atoms with Crippen molar-refractivity contribution in [2.24, 2.45) is 5.92 Å². The van der Waals surface area contributed by atoms with Crippen LogP contribution in [0.1, 0.15) is 45.1 Å². The molecule has 0 unspecified atom stereocenters. The predicted molar refractivity (Wildman–Crippen MR) is 79.3 cm³/mol. The van der Waals surface area contributed by atoms with Crippen LogP contribution in [0.15, 0.2) is 24.3 Å². The summed E-state index contributed by atoms with van der Waals surface area (Å²) in [5.41, 5.74) is 1.72. The first-order valence-electron chi connectivity index (χ1n) is 7.13. The molecule has 0 heterocycles. The number of rotatable bonds is 4. The Balaban J connectivity index is 2.24. The average Bonchev–Trinajstić information content (AvgIpc) is 2.39. The summed E-state index contributed by atoms with van der Waals surface area (Å²) in [7, 11) is 0. The third-order valence-electron chi connectivity index (χ3n) is 4.38. The van der Waals surface area contributed by atoms with Crippen LogP contribution in [-0.4, -0.2) is 13.1 Å². The van der Waals surface area contributed by atoms with Crippen LogP contribution in [0.5, 0.6) is 0 Å². The van der Waals surface area contributed by atoms with Gasteiger partial charge in [-0.15, -0.1) is 0 Å². The van der Waals surface area contributed by atoms with Crippen LogP contribution in [0, 0.1) is 5.92 Å². The molecular formula is C16H24ClN. The third kappa shape index (κ3) is 3.07. The van der Waals surface area contributed by atoms with Gasteiger partial charge in [-0.1, -0.05) is 37.6 Å². The maximum Gasteiger partial charge on any atom is 0.0408 e. The van der Waals surface area contributed by atoms with Crippen molar-refractivity contribution in [3.63, 3.8) is 0 Å². The molecule has 100 valence electrons. The lowest BCUT2D eigenvalue weighted by molar-refractivity contribution is 0.235. The van der Waals surface area contributed by atoms with Crippen molar-refractivity contribution in [3.05, 3.63) is 34.9 Å². The highest BCUT2D eigenvalue weighted by atomic mass is 35.5. The second kappa shape index (κ2) is 6.08. The molecule has 0 atom stereocenters. The van der Waals surface area contributed by atoms with Gasteiger partial charge in [0.05, 0.1) is 0 Å². The molecule has 0 bridgehead atoms. The highest BCUT2D eigenvalue weighted by molar-refractivity contribution is 6.30. The van der Waals surface area contributed by atoms with Crippen molar-refractivity contribution in [3.8, 4) is 0 Å². The summed E-state index contributed by atoms with van der Waals surface area (Å²) in [5.74, 6) is 0.874. The summed E-state index contributed by atoms with van der Waals surface area (Å²) in [5, 5.41) is 4.41. The molecule has 1 N–H and O–H groups in total. The highest BCUT2D eigenvalue weighted by Crippen LogP contribution is 2.41. The van der Waals surface area contributed by atoms with Crippen molar-refractivity contribution in [1.82, 2.24) is 5.32 Å². The van der Waals surface area contributed by atoms with Gasteiger partial charge in [-0.05, 0) is 55.8 Å². The normalized spacial score (nSPS) is 28.3. The quantitative estimate of drug-likeness (QED) is 0.851. The fourth-order valence-corrected chi connectivity index (χ4v) is 3.26. The second-order valence-electron chi connectivity index (χ2n) is 5.75. The van der Waals surface area contributed by atoms with Crippen molar-refractivity contribution >= 4 is 11.6 Å². The zero-order valence-corrected chi connectivity index (χ0v) is 12.3. The lowest BCUT2D eigenvalue weighted by Gasteiger charge is -2.40. The molecule has 1 aliphatic rings. The Hall–Kier alpha value is -0.530. The van der Waals surface area contributed by atoms with Crippen molar-refractivity contribution < 1.29 is 0 Å². The van der Waals surface area contributed by atoms with Gasteiger partial charge in [0.1, 0.15) is 0 Å². The van der Waals surface area contributed by atoms with E-state index in [0.29, 0.717) is 5.41 Å². The standard InChI is InChI=1S/C16H24ClN/c1-3-18-12-16(9-7-13(2)8-10-16)14-5-4-6-15(17)11-14/h4-6,11,13,18H,3,7-10,12H2,1-2H3. The van der Waals surface area contributed by atoms with E-state index in [1.165, 1.54) is 31.2 Å². The van der Waals surface area contributed by atoms with Crippen LogP contribution in [0.3, 0.4) is 0 Å². The number of likely N-dealkylation sites (N-methyl/N-ethyl adjacent to an activating group) is 1. The Bertz CT molecular complexity index is 375. The summed E-state index contributed by atoms with van der Waals surface area (Å²) < 4.78 is 0. The van der Waals surface area contributed by atoms with E-state index in [1.54, 1.807) is 0 Å². The van der Waals surface area contributed by atoms with Gasteiger partial charge in [0.2, 0.25) is 0 Å². The predicted octanol–water partition coefficient (Wildman–Crippen LogP) is 4.40. The zero-order chi connectivity index (χ0) is 13.0. The molecule has 18 heavy (non-hydrogen) atoms. The molecule has 1 fully saturated rings. The minimum Gasteiger partial charge on any atom is -0.316 e. The molecule has 2 heteroatoms. The van der Waals surface area contributed by atoms with Crippen molar-refractivity contribution in [2.45, 2.75) is 44.9 Å². The molecule has 0 radical (unpaired) electrons. The number of nitrogens with one attached hydrogen (secondary N) is 1. The fraction of sp³-hybridized carbons (Fsp3) is 0.625. The van der Waals surface area contributed by atoms with Gasteiger partial charge in [0, 0.05) is 17.0 Å². The fourth-order valence-electron chi connectivity index (χ4n) is 3.06. The number of hydrogen-bond donors (Lipinski definition) is 1. The molecule has 1 aromatic carbocycles. The molecular weight excluding hydrogens is 242 g/mol. The lowest BCUT2D eigenvalue weighted by Crippen LogP contribution is -2.41. The summed E-state index contributed by atoms with van der Waals surface area (Å²) in [6.45, 7) is 6.67. The molecule has 1 saturated carbocycles. The number of halogens is 1. The molecule has 0 aromatic heterocycles. The average molecular weight is 266 g/mol. The summed E-state index contributed by atoms with van der Waals surface area (Å²) in [4.78, 5) is 0. The summed E-state index contributed by atoms with van der Waals surface area (Å²) in [6, 6.07) is 8.47. The van der Waals surface area contributed by atoms with Gasteiger partial charge in [0.25, 0.3) is 0 Å². The van der Waals surface area contributed by atoms with Crippen LogP contribution in [-0.2, 0) is 5.41 Å². The number of hydrogen-bond acceptors (Lipinski definition) is 1. The minimum atomic E-state index is 0.299. The summed E-state index contributed by atoms with van der Waals surface area (Å²) >= 11 is 6.17. The van der Waals surface area contributed by atoms with E-state index in [1.807, 2.05) is 6.07 Å². The summed E-state index contributed by atoms with van der Waals surface area (Å²) in [6.07, 6.45) is 5.22. The molecule has 1 nitrogen and oxygen atoms in total. The smallest absolute Gasteiger partial charge is 0.0408 e. The Morgan fingerprint density at radius 1 is 1.33 bits per heavy atom. The lowest BCUT2D eigenvalue weighted by atomic mass is 9.67. The first kappa shape index (κ1) is 13.9. The highest BCUT2D eigenvalue weighted by Gasteiger charge is 2.35. The van der Waals surface area contributed by atoms with E-state index in [4.69, 9.17) is 11.6 Å². The maximum absolute atomic E-state index is 6.17. The largest absolute Gasteiger partial charge is 0.316 e. The van der Waals surface area contributed by atoms with Crippen LogP contribution < -0.4 is 5.32 Å². The third-order valence-corrected chi connectivity index (χ3v) is 4.62. The van der Waals surface area contributed by atoms with Gasteiger partial charge in [0.15, 0.2) is 0 Å². The zero-order valence-electron chi connectivity index (χ0n) is 11.5. The Morgan fingerprint density at radius 2 is 2.06 bits per heavy atom. The van der Waals surface area contributed by atoms with Crippen LogP contribution in [0.2, 0.25) is 5.02 Å². The van der Waals surface area contributed by atoms with Crippen molar-refractivity contribution in [1.29, 1.82) is 0 Å². The Labute approximate surface area is 116 Å². The monoisotopic (exact) mass is 265 g/mol. The first-order valence-corrected chi connectivity index (χ1v) is 7.51. The van der Waals surface area contributed by atoms with E-state index >= 15 is 0 Å². The Kier molecular flexibility index (Phi) is 4.69. The Morgan fingerprint density at radius 3 is 2.67 bits per heavy atom. The molecule has 0 spiro atoms. The molecule has 1 aromatic rings. The minimum absolute atomic E-state index is 0.299. The van der Waals surface area contributed by atoms with Crippen molar-refractivity contribution in [2.75, 3.05) is 13.1 Å². The van der Waals surface area contributed by atoms with E-state index in [2.05, 4.69) is 37.4 Å². The first-order chi connectivity index (χ1) is 8.66. The SMILES string of the molecule is CCNCC1(c2cccc(Cl)c2)CCC(C)CC1. The number of benzene rings is 1. The van der Waals surface area contributed by atoms with Gasteiger partial charge in [-0.3, -0.25) is 0 Å². The second-order valence-corrected chi connectivity index (χ2v) is 6.19. The van der Waals surface area contributed by atoms with E-state index in [9.17, 15) is 0 Å². The molecule has 1 aliphatic carbocycles. The molecule has 0 aliphatic heterocycles. The van der Waals surface area contributed by atoms with E-state index in [0.717, 1.165) is 24.0 Å². The van der Waals surface area contributed by atoms with Gasteiger partial charge >= 0.3 is 0 Å². The van der Waals surface area contributed by atoms with E-state index < -0.39 is 0 Å². The van der Waals surface area contributed by atoms with Gasteiger partial charge in [-0.25, -0.2) is 0 Å². The topological polar surface area (TPSA) is 12.0 Å². The van der Waals surface area contributed by atoms with E-state index in [-0.39, 0.29) is 0 Å². The molecule has 0 saturated heterocycles. The van der Waals surface area contributed by atoms with Gasteiger partial charge < -0.3 is 5.32 Å². The van der Waals surface area contributed by atoms with Crippen LogP contribution >= 0.6 is 11.6 Å².